The molecule has 0 bridgehead atoms. The first-order valence-electron chi connectivity index (χ1n) is 8.61. The molecule has 25 heavy (non-hydrogen) atoms. The monoisotopic (exact) mass is 412 g/mol. The van der Waals surface area contributed by atoms with E-state index in [1.165, 1.54) is 0 Å². The summed E-state index contributed by atoms with van der Waals surface area (Å²) in [5, 5.41) is 0. The summed E-state index contributed by atoms with van der Waals surface area (Å²) in [7, 11) is 0. The van der Waals surface area contributed by atoms with Gasteiger partial charge in [-0.15, -0.1) is 0 Å². The average Bonchev–Trinajstić information content (AvgIpc) is 2.59. The van der Waals surface area contributed by atoms with Gasteiger partial charge in [0.05, 0.1) is 19.6 Å². The van der Waals surface area contributed by atoms with Gasteiger partial charge in [-0.2, -0.15) is 0 Å². The summed E-state index contributed by atoms with van der Waals surface area (Å²) in [6.07, 6.45) is 1.54. The minimum Gasteiger partial charge on any atom is -0.490 e. The van der Waals surface area contributed by atoms with Gasteiger partial charge >= 0.3 is 0 Å². The lowest BCUT2D eigenvalue weighted by atomic mass is 9.96. The molecule has 1 heterocycles. The zero-order chi connectivity index (χ0) is 18.4. The third-order valence-corrected chi connectivity index (χ3v) is 5.04. The summed E-state index contributed by atoms with van der Waals surface area (Å²) in [5.41, 5.74) is 6.20. The first-order chi connectivity index (χ1) is 12.0. The standard InChI is InChI=1S/C18H25BrN2O4/c1-3-24-15-9-13(14(19)11-16(15)25-4-2)10-17(22)21-7-5-12(6-8-21)18(20)23/h9,11-12H,3-8,10H2,1-2H3,(H2,20,23). The quantitative estimate of drug-likeness (QED) is 0.745. The van der Waals surface area contributed by atoms with Gasteiger partial charge in [-0.05, 0) is 44.4 Å². The fraction of sp³-hybridized carbons (Fsp3) is 0.556. The second kappa shape index (κ2) is 9.08. The highest BCUT2D eigenvalue weighted by Gasteiger charge is 2.26. The summed E-state index contributed by atoms with van der Waals surface area (Å²) in [4.78, 5) is 25.6. The molecule has 1 fully saturated rings. The number of hydrogen-bond acceptors (Lipinski definition) is 4. The SMILES string of the molecule is CCOc1cc(Br)c(CC(=O)N2CCC(C(N)=O)CC2)cc1OCC. The lowest BCUT2D eigenvalue weighted by Gasteiger charge is -2.30. The number of amides is 2. The molecule has 2 N–H and O–H groups in total. The predicted molar refractivity (Wildman–Crippen MR) is 98.7 cm³/mol. The van der Waals surface area contributed by atoms with E-state index >= 15 is 0 Å². The molecule has 0 radical (unpaired) electrons. The van der Waals surface area contributed by atoms with Gasteiger partial charge in [-0.1, -0.05) is 15.9 Å². The Balaban J connectivity index is 2.07. The fourth-order valence-corrected chi connectivity index (χ4v) is 3.40. The lowest BCUT2D eigenvalue weighted by Crippen LogP contribution is -2.42. The molecule has 1 aliphatic heterocycles. The fourth-order valence-electron chi connectivity index (χ4n) is 2.94. The van der Waals surface area contributed by atoms with Crippen molar-refractivity contribution in [1.82, 2.24) is 4.90 Å². The number of halogens is 1. The van der Waals surface area contributed by atoms with Crippen molar-refractivity contribution < 1.29 is 19.1 Å². The Morgan fingerprint density at radius 2 is 1.72 bits per heavy atom. The van der Waals surface area contributed by atoms with Gasteiger partial charge in [0.25, 0.3) is 0 Å². The molecule has 138 valence electrons. The van der Waals surface area contributed by atoms with Crippen LogP contribution in [0.1, 0.15) is 32.3 Å². The smallest absolute Gasteiger partial charge is 0.227 e. The van der Waals surface area contributed by atoms with Gasteiger partial charge in [0.1, 0.15) is 0 Å². The third kappa shape index (κ3) is 5.11. The summed E-state index contributed by atoms with van der Waals surface area (Å²) in [6.45, 7) is 6.02. The highest BCUT2D eigenvalue weighted by atomic mass is 79.9. The Hall–Kier alpha value is -1.76. The molecule has 1 aromatic carbocycles. The molecule has 1 saturated heterocycles. The lowest BCUT2D eigenvalue weighted by molar-refractivity contribution is -0.134. The van der Waals surface area contributed by atoms with Gasteiger partial charge in [0.2, 0.25) is 11.8 Å². The summed E-state index contributed by atoms with van der Waals surface area (Å²) < 4.78 is 12.0. The molecule has 0 atom stereocenters. The maximum absolute atomic E-state index is 12.6. The van der Waals surface area contributed by atoms with E-state index in [0.717, 1.165) is 10.0 Å². The minimum atomic E-state index is -0.275. The van der Waals surface area contributed by atoms with Crippen molar-refractivity contribution >= 4 is 27.7 Å². The number of ether oxygens (including phenoxy) is 2. The molecule has 1 aliphatic rings. The van der Waals surface area contributed by atoms with E-state index in [9.17, 15) is 9.59 Å². The van der Waals surface area contributed by atoms with Crippen LogP contribution in [-0.2, 0) is 16.0 Å². The van der Waals surface area contributed by atoms with Gasteiger partial charge in [0.15, 0.2) is 11.5 Å². The van der Waals surface area contributed by atoms with Crippen molar-refractivity contribution in [1.29, 1.82) is 0 Å². The topological polar surface area (TPSA) is 81.9 Å². The highest BCUT2D eigenvalue weighted by molar-refractivity contribution is 9.10. The molecule has 2 rings (SSSR count). The number of hydrogen-bond donors (Lipinski definition) is 1. The predicted octanol–water partition coefficient (Wildman–Crippen LogP) is 2.51. The van der Waals surface area contributed by atoms with E-state index in [1.54, 1.807) is 4.90 Å². The van der Waals surface area contributed by atoms with Crippen molar-refractivity contribution in [2.24, 2.45) is 11.7 Å². The van der Waals surface area contributed by atoms with E-state index in [1.807, 2.05) is 26.0 Å². The number of rotatable bonds is 7. The number of nitrogens with two attached hydrogens (primary N) is 1. The van der Waals surface area contributed by atoms with E-state index < -0.39 is 0 Å². The van der Waals surface area contributed by atoms with E-state index in [0.29, 0.717) is 50.6 Å². The summed E-state index contributed by atoms with van der Waals surface area (Å²) >= 11 is 3.52. The van der Waals surface area contributed by atoms with Gasteiger partial charge in [-0.25, -0.2) is 0 Å². The molecule has 6 nitrogen and oxygen atoms in total. The molecule has 0 aliphatic carbocycles. The number of piperidine rings is 1. The zero-order valence-corrected chi connectivity index (χ0v) is 16.3. The summed E-state index contributed by atoms with van der Waals surface area (Å²) in [6, 6.07) is 3.70. The average molecular weight is 413 g/mol. The van der Waals surface area contributed by atoms with Crippen LogP contribution in [0.2, 0.25) is 0 Å². The third-order valence-electron chi connectivity index (χ3n) is 4.30. The molecule has 0 unspecified atom stereocenters. The van der Waals surface area contributed by atoms with E-state index in [2.05, 4.69) is 15.9 Å². The minimum absolute atomic E-state index is 0.0372. The normalized spacial score (nSPS) is 15.1. The van der Waals surface area contributed by atoms with Crippen LogP contribution in [0.4, 0.5) is 0 Å². The Bertz CT molecular complexity index is 628. The maximum atomic E-state index is 12.6. The summed E-state index contributed by atoms with van der Waals surface area (Å²) in [5.74, 6) is 0.946. The van der Waals surface area contributed by atoms with Crippen molar-refractivity contribution in [2.45, 2.75) is 33.1 Å². The van der Waals surface area contributed by atoms with Crippen LogP contribution in [0.5, 0.6) is 11.5 Å². The van der Waals surface area contributed by atoms with Gasteiger partial charge in [0, 0.05) is 23.5 Å². The second-order valence-electron chi connectivity index (χ2n) is 5.99. The first kappa shape index (κ1) is 19.6. The number of carbonyl (C=O) groups excluding carboxylic acids is 2. The number of primary amides is 1. The molecule has 0 aromatic heterocycles. The van der Waals surface area contributed by atoms with Gasteiger partial charge in [-0.3, -0.25) is 9.59 Å². The maximum Gasteiger partial charge on any atom is 0.227 e. The second-order valence-corrected chi connectivity index (χ2v) is 6.84. The molecular weight excluding hydrogens is 388 g/mol. The molecule has 0 spiro atoms. The Kier molecular flexibility index (Phi) is 7.11. The van der Waals surface area contributed by atoms with Crippen LogP contribution in [0.25, 0.3) is 0 Å². The van der Waals surface area contributed by atoms with Crippen LogP contribution >= 0.6 is 15.9 Å². The van der Waals surface area contributed by atoms with Crippen LogP contribution in [0.3, 0.4) is 0 Å². The number of benzene rings is 1. The number of carbonyl (C=O) groups is 2. The molecule has 2 amide bonds. The Morgan fingerprint density at radius 1 is 1.16 bits per heavy atom. The van der Waals surface area contributed by atoms with Crippen molar-refractivity contribution in [3.8, 4) is 11.5 Å². The Labute approximate surface area is 156 Å². The molecule has 1 aromatic rings. The van der Waals surface area contributed by atoms with Gasteiger partial charge < -0.3 is 20.1 Å². The highest BCUT2D eigenvalue weighted by Crippen LogP contribution is 2.34. The van der Waals surface area contributed by atoms with Crippen molar-refractivity contribution in [3.63, 3.8) is 0 Å². The largest absolute Gasteiger partial charge is 0.490 e. The van der Waals surface area contributed by atoms with Crippen LogP contribution in [-0.4, -0.2) is 43.0 Å². The molecule has 0 saturated carbocycles. The number of nitrogens with zero attached hydrogens (tertiary/aromatic N) is 1. The van der Waals surface area contributed by atoms with Crippen LogP contribution in [0, 0.1) is 5.92 Å². The van der Waals surface area contributed by atoms with Crippen molar-refractivity contribution in [3.05, 3.63) is 22.2 Å². The zero-order valence-electron chi connectivity index (χ0n) is 14.7. The van der Waals surface area contributed by atoms with E-state index in [4.69, 9.17) is 15.2 Å². The molecular formula is C18H25BrN2O4. The van der Waals surface area contributed by atoms with Crippen LogP contribution in [0.15, 0.2) is 16.6 Å². The molecule has 7 heteroatoms. The van der Waals surface area contributed by atoms with Crippen LogP contribution < -0.4 is 15.2 Å². The van der Waals surface area contributed by atoms with Crippen molar-refractivity contribution in [2.75, 3.05) is 26.3 Å². The number of likely N-dealkylation sites (tertiary alicyclic amines) is 1. The first-order valence-corrected chi connectivity index (χ1v) is 9.40. The Morgan fingerprint density at radius 3 is 2.24 bits per heavy atom. The van der Waals surface area contributed by atoms with E-state index in [-0.39, 0.29) is 24.2 Å².